The molecule has 0 aromatic carbocycles. The van der Waals surface area contributed by atoms with Crippen molar-refractivity contribution >= 4 is 46.3 Å². The molecular weight excluding hydrogens is 376 g/mol. The number of aromatic nitrogens is 1. The van der Waals surface area contributed by atoms with E-state index in [0.717, 1.165) is 40.0 Å². The molecular formula is C17H20N2O3S3. The summed E-state index contributed by atoms with van der Waals surface area (Å²) in [6.07, 6.45) is 3.77. The highest BCUT2D eigenvalue weighted by molar-refractivity contribution is 8.00. The lowest BCUT2D eigenvalue weighted by Crippen LogP contribution is -2.37. The molecule has 1 amide bonds. The Kier molecular flexibility index (Phi) is 6.14. The van der Waals surface area contributed by atoms with Gasteiger partial charge in [-0.2, -0.15) is 0 Å². The average molecular weight is 397 g/mol. The molecule has 3 heterocycles. The summed E-state index contributed by atoms with van der Waals surface area (Å²) < 4.78 is 6.15. The van der Waals surface area contributed by atoms with Crippen LogP contribution >= 0.6 is 34.4 Å². The maximum atomic E-state index is 12.6. The van der Waals surface area contributed by atoms with Crippen LogP contribution in [0.2, 0.25) is 0 Å². The second-order valence-corrected chi connectivity index (χ2v) is 8.76. The maximum Gasteiger partial charge on any atom is 0.357 e. The van der Waals surface area contributed by atoms with Gasteiger partial charge in [0.15, 0.2) is 5.69 Å². The Bertz CT molecular complexity index is 748. The molecule has 0 N–H and O–H groups in total. The molecule has 0 radical (unpaired) electrons. The molecule has 0 saturated carbocycles. The first-order valence-electron chi connectivity index (χ1n) is 8.18. The number of hydrogen-bond donors (Lipinski definition) is 0. The van der Waals surface area contributed by atoms with Gasteiger partial charge in [-0.1, -0.05) is 0 Å². The molecule has 1 aliphatic heterocycles. The highest BCUT2D eigenvalue weighted by atomic mass is 32.2. The Hall–Kier alpha value is -1.38. The molecule has 0 atom stereocenters. The number of amides is 1. The Labute approximate surface area is 159 Å². The number of hydrogen-bond acceptors (Lipinski definition) is 7. The van der Waals surface area contributed by atoms with E-state index in [4.69, 9.17) is 4.74 Å². The number of nitrogens with zero attached hydrogens (tertiary/aromatic N) is 2. The molecule has 2 aromatic rings. The van der Waals surface area contributed by atoms with Crippen molar-refractivity contribution in [1.29, 1.82) is 0 Å². The lowest BCUT2D eigenvalue weighted by molar-refractivity contribution is 0.0520. The molecule has 8 heteroatoms. The number of piperidine rings is 1. The SMILES string of the molecule is CCOC(=O)c1csc(C2CCN(C(=O)c3ccc(SC)s3)CC2)n1. The third-order valence-electron chi connectivity index (χ3n) is 4.13. The van der Waals surface area contributed by atoms with Crippen LogP contribution in [-0.4, -0.2) is 47.7 Å². The highest BCUT2D eigenvalue weighted by Gasteiger charge is 2.27. The zero-order chi connectivity index (χ0) is 17.8. The smallest absolute Gasteiger partial charge is 0.357 e. The number of esters is 1. The fourth-order valence-corrected chi connectivity index (χ4v) is 5.28. The number of carbonyl (C=O) groups excluding carboxylic acids is 2. The number of ether oxygens (including phenoxy) is 1. The van der Waals surface area contributed by atoms with Crippen LogP contribution in [0.4, 0.5) is 0 Å². The van der Waals surface area contributed by atoms with Crippen LogP contribution in [0.3, 0.4) is 0 Å². The van der Waals surface area contributed by atoms with Gasteiger partial charge in [-0.25, -0.2) is 9.78 Å². The zero-order valence-electron chi connectivity index (χ0n) is 14.2. The van der Waals surface area contributed by atoms with Gasteiger partial charge in [-0.15, -0.1) is 34.4 Å². The van der Waals surface area contributed by atoms with E-state index in [1.54, 1.807) is 35.4 Å². The molecule has 0 bridgehead atoms. The fourth-order valence-electron chi connectivity index (χ4n) is 2.80. The van der Waals surface area contributed by atoms with E-state index in [9.17, 15) is 9.59 Å². The van der Waals surface area contributed by atoms with Gasteiger partial charge >= 0.3 is 5.97 Å². The highest BCUT2D eigenvalue weighted by Crippen LogP contribution is 2.32. The second-order valence-electron chi connectivity index (χ2n) is 5.68. The number of thiophene rings is 1. The molecule has 25 heavy (non-hydrogen) atoms. The van der Waals surface area contributed by atoms with Crippen molar-refractivity contribution in [2.45, 2.75) is 29.9 Å². The van der Waals surface area contributed by atoms with Crippen LogP contribution < -0.4 is 0 Å². The molecule has 5 nitrogen and oxygen atoms in total. The third kappa shape index (κ3) is 4.24. The molecule has 0 spiro atoms. The summed E-state index contributed by atoms with van der Waals surface area (Å²) in [7, 11) is 0. The normalized spacial score (nSPS) is 15.4. The molecule has 0 unspecified atom stereocenters. The Morgan fingerprint density at radius 1 is 1.36 bits per heavy atom. The average Bonchev–Trinajstić information content (AvgIpc) is 3.31. The molecule has 1 fully saturated rings. The van der Waals surface area contributed by atoms with E-state index < -0.39 is 0 Å². The van der Waals surface area contributed by atoms with Gasteiger partial charge < -0.3 is 9.64 Å². The maximum absolute atomic E-state index is 12.6. The van der Waals surface area contributed by atoms with Gasteiger partial charge in [0, 0.05) is 24.4 Å². The number of thiazole rings is 1. The van der Waals surface area contributed by atoms with Crippen molar-refractivity contribution in [3.05, 3.63) is 33.1 Å². The van der Waals surface area contributed by atoms with Gasteiger partial charge in [0.05, 0.1) is 20.7 Å². The lowest BCUT2D eigenvalue weighted by Gasteiger charge is -2.30. The quantitative estimate of drug-likeness (QED) is 0.562. The van der Waals surface area contributed by atoms with Gasteiger partial charge in [-0.05, 0) is 38.2 Å². The van der Waals surface area contributed by atoms with E-state index in [1.165, 1.54) is 11.3 Å². The van der Waals surface area contributed by atoms with Gasteiger partial charge in [0.1, 0.15) is 0 Å². The monoisotopic (exact) mass is 396 g/mol. The van der Waals surface area contributed by atoms with Gasteiger partial charge in [0.2, 0.25) is 0 Å². The number of likely N-dealkylation sites (tertiary alicyclic amines) is 1. The summed E-state index contributed by atoms with van der Waals surface area (Å²) in [5, 5.41) is 2.73. The van der Waals surface area contributed by atoms with Crippen molar-refractivity contribution in [3.63, 3.8) is 0 Å². The first-order valence-corrected chi connectivity index (χ1v) is 11.1. The van der Waals surface area contributed by atoms with E-state index >= 15 is 0 Å². The number of carbonyl (C=O) groups is 2. The minimum Gasteiger partial charge on any atom is -0.461 e. The summed E-state index contributed by atoms with van der Waals surface area (Å²) in [6, 6.07) is 3.92. The zero-order valence-corrected chi connectivity index (χ0v) is 16.6. The number of rotatable bonds is 5. The van der Waals surface area contributed by atoms with E-state index in [-0.39, 0.29) is 11.9 Å². The predicted octanol–water partition coefficient (Wildman–Crippen LogP) is 4.12. The van der Waals surface area contributed by atoms with Crippen LogP contribution in [0.1, 0.15) is 50.9 Å². The van der Waals surface area contributed by atoms with E-state index in [0.29, 0.717) is 18.2 Å². The second kappa shape index (κ2) is 8.33. The van der Waals surface area contributed by atoms with E-state index in [2.05, 4.69) is 4.98 Å². The minimum absolute atomic E-state index is 0.120. The Morgan fingerprint density at radius 3 is 2.76 bits per heavy atom. The number of thioether (sulfide) groups is 1. The molecule has 1 aliphatic rings. The summed E-state index contributed by atoms with van der Waals surface area (Å²) in [5.41, 5.74) is 0.392. The molecule has 1 saturated heterocycles. The minimum atomic E-state index is -0.361. The molecule has 0 aliphatic carbocycles. The Morgan fingerprint density at radius 2 is 2.12 bits per heavy atom. The lowest BCUT2D eigenvalue weighted by atomic mass is 9.97. The largest absolute Gasteiger partial charge is 0.461 e. The third-order valence-corrected chi connectivity index (χ3v) is 7.29. The standard InChI is InChI=1S/C17H20N2O3S3/c1-3-22-17(21)12-10-24-15(18-12)11-6-8-19(9-7-11)16(20)13-4-5-14(23-2)25-13/h4-5,10-11H,3,6-9H2,1-2H3. The van der Waals surface area contributed by atoms with Gasteiger partial charge in [0.25, 0.3) is 5.91 Å². The molecule has 3 rings (SSSR count). The molecule has 134 valence electrons. The van der Waals surface area contributed by atoms with Crippen LogP contribution in [-0.2, 0) is 4.74 Å². The predicted molar refractivity (Wildman–Crippen MR) is 102 cm³/mol. The summed E-state index contributed by atoms with van der Waals surface area (Å²) >= 11 is 4.72. The van der Waals surface area contributed by atoms with Crippen molar-refractivity contribution < 1.29 is 14.3 Å². The van der Waals surface area contributed by atoms with Gasteiger partial charge in [-0.3, -0.25) is 4.79 Å². The topological polar surface area (TPSA) is 59.5 Å². The van der Waals surface area contributed by atoms with Crippen LogP contribution in [0.25, 0.3) is 0 Å². The molecule has 2 aromatic heterocycles. The van der Waals surface area contributed by atoms with Crippen LogP contribution in [0.5, 0.6) is 0 Å². The Balaban J connectivity index is 1.58. The summed E-state index contributed by atoms with van der Waals surface area (Å²) in [6.45, 7) is 3.59. The van der Waals surface area contributed by atoms with Crippen molar-refractivity contribution in [2.24, 2.45) is 0 Å². The van der Waals surface area contributed by atoms with E-state index in [1.807, 2.05) is 23.3 Å². The summed E-state index contributed by atoms with van der Waals surface area (Å²) in [4.78, 5) is 31.5. The van der Waals surface area contributed by atoms with Crippen molar-refractivity contribution in [3.8, 4) is 0 Å². The van der Waals surface area contributed by atoms with Crippen molar-refractivity contribution in [2.75, 3.05) is 26.0 Å². The summed E-state index contributed by atoms with van der Waals surface area (Å²) in [5.74, 6) is 0.0670. The first kappa shape index (κ1) is 18.4. The van der Waals surface area contributed by atoms with Crippen molar-refractivity contribution in [1.82, 2.24) is 9.88 Å². The van der Waals surface area contributed by atoms with Crippen LogP contribution in [0, 0.1) is 0 Å². The first-order chi connectivity index (χ1) is 12.1. The fraction of sp³-hybridized carbons (Fsp3) is 0.471. The van der Waals surface area contributed by atoms with Crippen LogP contribution in [0.15, 0.2) is 21.7 Å².